The number of amides is 3. The smallest absolute Gasteiger partial charge is 0.269 e. The predicted octanol–water partition coefficient (Wildman–Crippen LogP) is 4.41. The van der Waals surface area contributed by atoms with Gasteiger partial charge in [-0.25, -0.2) is 9.29 Å². The molecule has 1 heterocycles. The van der Waals surface area contributed by atoms with E-state index < -0.39 is 21.9 Å². The van der Waals surface area contributed by atoms with Crippen LogP contribution in [0.3, 0.4) is 0 Å². The minimum absolute atomic E-state index is 0.00351. The number of halogens is 1. The molecule has 0 aromatic heterocycles. The third-order valence-corrected chi connectivity index (χ3v) is 6.12. The standard InChI is InChI=1S/C23H16FN3O5S/c24-15-3-1-14(2-4-15)22(29)25-16-5-11-19(12-6-16)33-20-13-21(28)26(23(20)30)17-7-9-18(10-8-17)27(31)32/h1-12,20H,13H2,(H,25,29). The minimum atomic E-state index is -0.632. The van der Waals surface area contributed by atoms with Crippen LogP contribution in [0, 0.1) is 15.9 Å². The molecule has 33 heavy (non-hydrogen) atoms. The van der Waals surface area contributed by atoms with Crippen molar-refractivity contribution < 1.29 is 23.7 Å². The van der Waals surface area contributed by atoms with E-state index in [1.165, 1.54) is 60.3 Å². The molecule has 8 nitrogen and oxygen atoms in total. The first kappa shape index (κ1) is 22.2. The molecule has 3 amide bonds. The molecule has 1 aliphatic rings. The van der Waals surface area contributed by atoms with Crippen molar-refractivity contribution in [3.8, 4) is 0 Å². The summed E-state index contributed by atoms with van der Waals surface area (Å²) in [7, 11) is 0. The van der Waals surface area contributed by atoms with Gasteiger partial charge in [0.15, 0.2) is 0 Å². The highest BCUT2D eigenvalue weighted by molar-refractivity contribution is 8.00. The van der Waals surface area contributed by atoms with Crippen LogP contribution in [0.4, 0.5) is 21.5 Å². The van der Waals surface area contributed by atoms with E-state index in [0.29, 0.717) is 11.3 Å². The van der Waals surface area contributed by atoms with Crippen LogP contribution in [0.15, 0.2) is 77.7 Å². The zero-order chi connectivity index (χ0) is 23.5. The number of nitrogens with zero attached hydrogens (tertiary/aromatic N) is 2. The Balaban J connectivity index is 1.40. The normalized spacial score (nSPS) is 15.5. The Morgan fingerprint density at radius 3 is 2.24 bits per heavy atom. The van der Waals surface area contributed by atoms with E-state index >= 15 is 0 Å². The molecule has 1 N–H and O–H groups in total. The zero-order valence-corrected chi connectivity index (χ0v) is 17.8. The molecule has 0 spiro atoms. The van der Waals surface area contributed by atoms with Gasteiger partial charge in [0.05, 0.1) is 15.9 Å². The monoisotopic (exact) mass is 465 g/mol. The molecule has 0 bridgehead atoms. The lowest BCUT2D eigenvalue weighted by molar-refractivity contribution is -0.384. The Labute approximate surface area is 191 Å². The average Bonchev–Trinajstić information content (AvgIpc) is 3.08. The van der Waals surface area contributed by atoms with Gasteiger partial charge in [0.1, 0.15) is 5.82 Å². The molecule has 0 saturated carbocycles. The number of non-ortho nitro benzene ring substituents is 1. The molecule has 1 aliphatic heterocycles. The summed E-state index contributed by atoms with van der Waals surface area (Å²) < 4.78 is 13.0. The number of hydrogen-bond donors (Lipinski definition) is 1. The quantitative estimate of drug-likeness (QED) is 0.328. The van der Waals surface area contributed by atoms with Gasteiger partial charge in [-0.2, -0.15) is 0 Å². The summed E-state index contributed by atoms with van der Waals surface area (Å²) in [5.41, 5.74) is 0.999. The van der Waals surface area contributed by atoms with Gasteiger partial charge in [-0.3, -0.25) is 24.5 Å². The van der Waals surface area contributed by atoms with Gasteiger partial charge in [-0.1, -0.05) is 0 Å². The summed E-state index contributed by atoms with van der Waals surface area (Å²) in [5.74, 6) is -1.59. The first-order valence-electron chi connectivity index (χ1n) is 9.77. The topological polar surface area (TPSA) is 110 Å². The summed E-state index contributed by atoms with van der Waals surface area (Å²) in [6.07, 6.45) is 0.00351. The molecule has 166 valence electrons. The summed E-state index contributed by atoms with van der Waals surface area (Å²) >= 11 is 1.22. The van der Waals surface area contributed by atoms with E-state index in [9.17, 15) is 28.9 Å². The van der Waals surface area contributed by atoms with Gasteiger partial charge < -0.3 is 5.32 Å². The first-order chi connectivity index (χ1) is 15.8. The fourth-order valence-corrected chi connectivity index (χ4v) is 4.33. The van der Waals surface area contributed by atoms with Crippen molar-refractivity contribution >= 4 is 46.5 Å². The van der Waals surface area contributed by atoms with Crippen LogP contribution in [0.5, 0.6) is 0 Å². The third-order valence-electron chi connectivity index (χ3n) is 4.92. The molecule has 1 fully saturated rings. The highest BCUT2D eigenvalue weighted by Crippen LogP contribution is 2.34. The summed E-state index contributed by atoms with van der Waals surface area (Å²) in [5, 5.41) is 12.9. The number of thioether (sulfide) groups is 1. The third kappa shape index (κ3) is 4.90. The number of benzene rings is 3. The van der Waals surface area contributed by atoms with Gasteiger partial charge in [0.25, 0.3) is 11.6 Å². The van der Waals surface area contributed by atoms with Crippen LogP contribution in [0.1, 0.15) is 16.8 Å². The second kappa shape index (κ2) is 9.21. The van der Waals surface area contributed by atoms with Crippen molar-refractivity contribution in [3.63, 3.8) is 0 Å². The molecule has 1 saturated heterocycles. The molecule has 10 heteroatoms. The molecular formula is C23H16FN3O5S. The number of nitro groups is 1. The van der Waals surface area contributed by atoms with Crippen LogP contribution in [0.25, 0.3) is 0 Å². The van der Waals surface area contributed by atoms with Crippen LogP contribution < -0.4 is 10.2 Å². The van der Waals surface area contributed by atoms with Gasteiger partial charge >= 0.3 is 0 Å². The van der Waals surface area contributed by atoms with Crippen molar-refractivity contribution in [1.82, 2.24) is 0 Å². The minimum Gasteiger partial charge on any atom is -0.322 e. The lowest BCUT2D eigenvalue weighted by atomic mass is 10.2. The largest absolute Gasteiger partial charge is 0.322 e. The second-order valence-corrected chi connectivity index (χ2v) is 8.41. The van der Waals surface area contributed by atoms with Gasteiger partial charge in [-0.15, -0.1) is 11.8 Å². The van der Waals surface area contributed by atoms with Crippen LogP contribution in [-0.4, -0.2) is 27.9 Å². The number of rotatable bonds is 6. The van der Waals surface area contributed by atoms with E-state index in [4.69, 9.17) is 0 Å². The Kier molecular flexibility index (Phi) is 6.18. The Morgan fingerprint density at radius 1 is 1.00 bits per heavy atom. The average molecular weight is 465 g/mol. The summed E-state index contributed by atoms with van der Waals surface area (Å²) in [6.45, 7) is 0. The van der Waals surface area contributed by atoms with Crippen molar-refractivity contribution in [2.45, 2.75) is 16.6 Å². The molecule has 1 atom stereocenters. The summed E-state index contributed by atoms with van der Waals surface area (Å²) in [6, 6.07) is 17.2. The van der Waals surface area contributed by atoms with E-state index in [2.05, 4.69) is 5.32 Å². The predicted molar refractivity (Wildman–Crippen MR) is 121 cm³/mol. The first-order valence-corrected chi connectivity index (χ1v) is 10.6. The summed E-state index contributed by atoms with van der Waals surface area (Å²) in [4.78, 5) is 49.5. The number of nitrogens with one attached hydrogen (secondary N) is 1. The SMILES string of the molecule is O=C(Nc1ccc(SC2CC(=O)N(c3ccc([N+](=O)[O-])cc3)C2=O)cc1)c1ccc(F)cc1. The van der Waals surface area contributed by atoms with E-state index in [-0.39, 0.29) is 29.6 Å². The van der Waals surface area contributed by atoms with Gasteiger partial charge in [-0.05, 0) is 60.7 Å². The van der Waals surface area contributed by atoms with Crippen molar-refractivity contribution in [2.75, 3.05) is 10.2 Å². The number of hydrogen-bond acceptors (Lipinski definition) is 6. The number of carbonyl (C=O) groups is 3. The van der Waals surface area contributed by atoms with Crippen molar-refractivity contribution in [2.24, 2.45) is 0 Å². The highest BCUT2D eigenvalue weighted by Gasteiger charge is 2.40. The fourth-order valence-electron chi connectivity index (χ4n) is 3.28. The lowest BCUT2D eigenvalue weighted by Crippen LogP contribution is -2.31. The maximum atomic E-state index is 13.0. The Morgan fingerprint density at radius 2 is 1.64 bits per heavy atom. The van der Waals surface area contributed by atoms with E-state index in [0.717, 1.165) is 9.80 Å². The molecule has 0 radical (unpaired) electrons. The van der Waals surface area contributed by atoms with Gasteiger partial charge in [0.2, 0.25) is 11.8 Å². The molecule has 0 aliphatic carbocycles. The number of carbonyl (C=O) groups excluding carboxylic acids is 3. The maximum absolute atomic E-state index is 13.0. The van der Waals surface area contributed by atoms with Crippen LogP contribution in [0.2, 0.25) is 0 Å². The maximum Gasteiger partial charge on any atom is 0.269 e. The van der Waals surface area contributed by atoms with Crippen LogP contribution >= 0.6 is 11.8 Å². The second-order valence-electron chi connectivity index (χ2n) is 7.14. The zero-order valence-electron chi connectivity index (χ0n) is 16.9. The molecular weight excluding hydrogens is 449 g/mol. The Hall–Kier alpha value is -4.05. The Bertz CT molecular complexity index is 1230. The van der Waals surface area contributed by atoms with Gasteiger partial charge in [0, 0.05) is 34.7 Å². The molecule has 4 rings (SSSR count). The van der Waals surface area contributed by atoms with Crippen molar-refractivity contribution in [3.05, 3.63) is 94.3 Å². The highest BCUT2D eigenvalue weighted by atomic mass is 32.2. The van der Waals surface area contributed by atoms with Crippen LogP contribution in [-0.2, 0) is 9.59 Å². The molecule has 3 aromatic rings. The number of nitro benzene ring substituents is 1. The lowest BCUT2D eigenvalue weighted by Gasteiger charge is -2.14. The number of anilines is 2. The fraction of sp³-hybridized carbons (Fsp3) is 0.0870. The van der Waals surface area contributed by atoms with Crippen molar-refractivity contribution in [1.29, 1.82) is 0 Å². The molecule has 3 aromatic carbocycles. The van der Waals surface area contributed by atoms with E-state index in [1.54, 1.807) is 24.3 Å². The van der Waals surface area contributed by atoms with E-state index in [1.807, 2.05) is 0 Å². The molecule has 1 unspecified atom stereocenters. The number of imide groups is 1.